The number of rotatable bonds is 4. The first-order chi connectivity index (χ1) is 5.25. The van der Waals surface area contributed by atoms with E-state index in [9.17, 15) is 0 Å². The Morgan fingerprint density at radius 2 is 2.09 bits per heavy atom. The van der Waals surface area contributed by atoms with Gasteiger partial charge in [-0.3, -0.25) is 0 Å². The molecule has 2 atom stereocenters. The monoisotopic (exact) mass is 157 g/mol. The Morgan fingerprint density at radius 1 is 1.45 bits per heavy atom. The number of aliphatic hydroxyl groups is 1. The molecule has 0 spiro atoms. The zero-order valence-corrected chi connectivity index (χ0v) is 7.51. The SMILES string of the molecule is CC(CCO)C(C)C1CNC1. The van der Waals surface area contributed by atoms with Crippen molar-refractivity contribution in [1.29, 1.82) is 0 Å². The van der Waals surface area contributed by atoms with Crippen molar-refractivity contribution < 1.29 is 5.11 Å². The molecule has 1 rings (SSSR count). The van der Waals surface area contributed by atoms with Gasteiger partial charge in [0.25, 0.3) is 0 Å². The molecule has 1 saturated heterocycles. The van der Waals surface area contributed by atoms with Crippen molar-refractivity contribution in [2.45, 2.75) is 20.3 Å². The molecule has 2 heteroatoms. The van der Waals surface area contributed by atoms with Gasteiger partial charge in [0.15, 0.2) is 0 Å². The summed E-state index contributed by atoms with van der Waals surface area (Å²) < 4.78 is 0. The molecule has 0 radical (unpaired) electrons. The summed E-state index contributed by atoms with van der Waals surface area (Å²) in [5.74, 6) is 2.30. The second-order valence-electron chi connectivity index (χ2n) is 3.77. The second kappa shape index (κ2) is 4.07. The molecular formula is C9H19NO. The summed E-state index contributed by atoms with van der Waals surface area (Å²) in [7, 11) is 0. The third-order valence-corrected chi connectivity index (χ3v) is 3.04. The molecule has 0 aliphatic carbocycles. The third kappa shape index (κ3) is 2.17. The Balaban J connectivity index is 2.21. The molecule has 0 aromatic rings. The molecule has 1 aliphatic rings. The highest BCUT2D eigenvalue weighted by Gasteiger charge is 2.26. The van der Waals surface area contributed by atoms with E-state index in [1.807, 2.05) is 0 Å². The van der Waals surface area contributed by atoms with E-state index < -0.39 is 0 Å². The molecule has 1 fully saturated rings. The fraction of sp³-hybridized carbons (Fsp3) is 1.00. The van der Waals surface area contributed by atoms with Gasteiger partial charge in [0.05, 0.1) is 0 Å². The maximum absolute atomic E-state index is 8.74. The highest BCUT2D eigenvalue weighted by atomic mass is 16.3. The van der Waals surface area contributed by atoms with Crippen LogP contribution >= 0.6 is 0 Å². The maximum atomic E-state index is 8.74. The van der Waals surface area contributed by atoms with Gasteiger partial charge in [-0.05, 0) is 37.3 Å². The van der Waals surface area contributed by atoms with E-state index in [0.717, 1.165) is 18.3 Å². The lowest BCUT2D eigenvalue weighted by atomic mass is 9.79. The van der Waals surface area contributed by atoms with Crippen molar-refractivity contribution in [3.63, 3.8) is 0 Å². The molecule has 2 N–H and O–H groups in total. The van der Waals surface area contributed by atoms with Crippen molar-refractivity contribution in [1.82, 2.24) is 5.32 Å². The number of hydrogen-bond donors (Lipinski definition) is 2. The zero-order chi connectivity index (χ0) is 8.27. The molecular weight excluding hydrogens is 138 g/mol. The van der Waals surface area contributed by atoms with Crippen LogP contribution in [-0.4, -0.2) is 24.8 Å². The number of aliphatic hydroxyl groups excluding tert-OH is 1. The summed E-state index contributed by atoms with van der Waals surface area (Å²) in [6, 6.07) is 0. The molecule has 0 bridgehead atoms. The molecule has 11 heavy (non-hydrogen) atoms. The first-order valence-electron chi connectivity index (χ1n) is 4.57. The number of hydrogen-bond acceptors (Lipinski definition) is 2. The molecule has 1 heterocycles. The highest BCUT2D eigenvalue weighted by molar-refractivity contribution is 4.81. The van der Waals surface area contributed by atoms with Crippen LogP contribution in [0.2, 0.25) is 0 Å². The van der Waals surface area contributed by atoms with Gasteiger partial charge >= 0.3 is 0 Å². The van der Waals surface area contributed by atoms with Gasteiger partial charge in [0.2, 0.25) is 0 Å². The largest absolute Gasteiger partial charge is 0.396 e. The van der Waals surface area contributed by atoms with Gasteiger partial charge in [-0.2, -0.15) is 0 Å². The van der Waals surface area contributed by atoms with Crippen LogP contribution in [-0.2, 0) is 0 Å². The van der Waals surface area contributed by atoms with Crippen LogP contribution in [0.3, 0.4) is 0 Å². The van der Waals surface area contributed by atoms with Crippen LogP contribution in [0.5, 0.6) is 0 Å². The van der Waals surface area contributed by atoms with Crippen LogP contribution < -0.4 is 5.32 Å². The Kier molecular flexibility index (Phi) is 3.34. The summed E-state index contributed by atoms with van der Waals surface area (Å²) >= 11 is 0. The van der Waals surface area contributed by atoms with E-state index in [2.05, 4.69) is 19.2 Å². The van der Waals surface area contributed by atoms with Crippen LogP contribution in [0.15, 0.2) is 0 Å². The fourth-order valence-corrected chi connectivity index (χ4v) is 1.61. The molecule has 66 valence electrons. The van der Waals surface area contributed by atoms with Crippen LogP contribution in [0.4, 0.5) is 0 Å². The van der Waals surface area contributed by atoms with Crippen LogP contribution in [0.1, 0.15) is 20.3 Å². The van der Waals surface area contributed by atoms with Gasteiger partial charge in [0.1, 0.15) is 0 Å². The van der Waals surface area contributed by atoms with E-state index in [1.54, 1.807) is 0 Å². The molecule has 0 saturated carbocycles. The standard InChI is InChI=1S/C9H19NO/c1-7(3-4-11)8(2)9-5-10-6-9/h7-11H,3-6H2,1-2H3. The topological polar surface area (TPSA) is 32.3 Å². The van der Waals surface area contributed by atoms with Crippen molar-refractivity contribution >= 4 is 0 Å². The van der Waals surface area contributed by atoms with E-state index in [4.69, 9.17) is 5.11 Å². The average molecular weight is 157 g/mol. The summed E-state index contributed by atoms with van der Waals surface area (Å²) in [5, 5.41) is 12.0. The lowest BCUT2D eigenvalue weighted by molar-refractivity contribution is 0.160. The minimum atomic E-state index is 0.339. The summed E-state index contributed by atoms with van der Waals surface area (Å²) in [6.07, 6.45) is 0.956. The Labute approximate surface area is 69.0 Å². The third-order valence-electron chi connectivity index (χ3n) is 3.04. The average Bonchev–Trinajstić information content (AvgIpc) is 1.84. The van der Waals surface area contributed by atoms with Gasteiger partial charge < -0.3 is 10.4 Å². The van der Waals surface area contributed by atoms with Gasteiger partial charge in [0, 0.05) is 6.61 Å². The van der Waals surface area contributed by atoms with E-state index in [0.29, 0.717) is 12.5 Å². The minimum Gasteiger partial charge on any atom is -0.396 e. The molecule has 0 aromatic heterocycles. The van der Waals surface area contributed by atoms with Crippen molar-refractivity contribution in [3.05, 3.63) is 0 Å². The summed E-state index contributed by atoms with van der Waals surface area (Å²) in [5.41, 5.74) is 0. The van der Waals surface area contributed by atoms with Gasteiger partial charge in [-0.15, -0.1) is 0 Å². The van der Waals surface area contributed by atoms with E-state index >= 15 is 0 Å². The lowest BCUT2D eigenvalue weighted by Crippen LogP contribution is -2.46. The lowest BCUT2D eigenvalue weighted by Gasteiger charge is -2.35. The van der Waals surface area contributed by atoms with E-state index in [1.165, 1.54) is 13.1 Å². The molecule has 2 unspecified atom stereocenters. The maximum Gasteiger partial charge on any atom is 0.0433 e. The number of nitrogens with one attached hydrogen (secondary N) is 1. The zero-order valence-electron chi connectivity index (χ0n) is 7.51. The van der Waals surface area contributed by atoms with E-state index in [-0.39, 0.29) is 0 Å². The van der Waals surface area contributed by atoms with Crippen LogP contribution in [0.25, 0.3) is 0 Å². The van der Waals surface area contributed by atoms with Gasteiger partial charge in [-0.1, -0.05) is 13.8 Å². The summed E-state index contributed by atoms with van der Waals surface area (Å²) in [4.78, 5) is 0. The highest BCUT2D eigenvalue weighted by Crippen LogP contribution is 2.25. The van der Waals surface area contributed by atoms with Gasteiger partial charge in [-0.25, -0.2) is 0 Å². The van der Waals surface area contributed by atoms with Crippen LogP contribution in [0, 0.1) is 17.8 Å². The van der Waals surface area contributed by atoms with Crippen molar-refractivity contribution in [2.75, 3.05) is 19.7 Å². The minimum absolute atomic E-state index is 0.339. The smallest absolute Gasteiger partial charge is 0.0433 e. The molecule has 2 nitrogen and oxygen atoms in total. The van der Waals surface area contributed by atoms with Crippen molar-refractivity contribution in [2.24, 2.45) is 17.8 Å². The Hall–Kier alpha value is -0.0800. The van der Waals surface area contributed by atoms with Crippen molar-refractivity contribution in [3.8, 4) is 0 Å². The first-order valence-corrected chi connectivity index (χ1v) is 4.57. The predicted octanol–water partition coefficient (Wildman–Crippen LogP) is 0.860. The quantitative estimate of drug-likeness (QED) is 0.634. The predicted molar refractivity (Wildman–Crippen MR) is 46.4 cm³/mol. The normalized spacial score (nSPS) is 24.3. The molecule has 0 aromatic carbocycles. The fourth-order valence-electron chi connectivity index (χ4n) is 1.61. The summed E-state index contributed by atoms with van der Waals surface area (Å²) in [6.45, 7) is 7.23. The second-order valence-corrected chi connectivity index (χ2v) is 3.77. The Bertz CT molecular complexity index is 112. The first kappa shape index (κ1) is 9.01. The molecule has 0 amide bonds. The molecule has 1 aliphatic heterocycles. The Morgan fingerprint density at radius 3 is 2.45 bits per heavy atom.